The van der Waals surface area contributed by atoms with E-state index in [1.807, 2.05) is 18.2 Å². The number of hydrogen-bond acceptors (Lipinski definition) is 2. The van der Waals surface area contributed by atoms with Gasteiger partial charge in [-0.3, -0.25) is 4.79 Å². The summed E-state index contributed by atoms with van der Waals surface area (Å²) in [5, 5.41) is 0.538. The van der Waals surface area contributed by atoms with Gasteiger partial charge in [-0.05, 0) is 74.9 Å². The van der Waals surface area contributed by atoms with Gasteiger partial charge in [0.15, 0.2) is 0 Å². The Bertz CT molecular complexity index is 678. The van der Waals surface area contributed by atoms with Crippen molar-refractivity contribution in [3.05, 3.63) is 55.0 Å². The highest BCUT2D eigenvalue weighted by atomic mass is 127. The lowest BCUT2D eigenvalue weighted by Crippen LogP contribution is -2.27. The second-order valence-electron chi connectivity index (χ2n) is 4.19. The van der Waals surface area contributed by atoms with Crippen molar-refractivity contribution in [2.75, 3.05) is 17.7 Å². The van der Waals surface area contributed by atoms with Crippen LogP contribution in [-0.2, 0) is 0 Å². The van der Waals surface area contributed by atoms with E-state index in [0.717, 1.165) is 8.04 Å². The number of nitrogen functional groups attached to an aromatic ring is 1. The highest BCUT2D eigenvalue weighted by Gasteiger charge is 2.18. The van der Waals surface area contributed by atoms with Crippen LogP contribution < -0.4 is 10.6 Å². The molecule has 2 aromatic rings. The summed E-state index contributed by atoms with van der Waals surface area (Å²) in [6, 6.07) is 10.7. The van der Waals surface area contributed by atoms with Crippen LogP contribution in [0.25, 0.3) is 0 Å². The molecule has 3 nitrogen and oxygen atoms in total. The molecule has 2 aromatic carbocycles. The predicted octanol–water partition coefficient (Wildman–Crippen LogP) is 4.57. The summed E-state index contributed by atoms with van der Waals surface area (Å²) in [4.78, 5) is 14.1. The molecule has 6 heteroatoms. The molecule has 20 heavy (non-hydrogen) atoms. The molecule has 0 saturated heterocycles. The molecule has 0 fully saturated rings. The third-order valence-corrected chi connectivity index (χ3v) is 4.41. The Morgan fingerprint density at radius 3 is 2.70 bits per heavy atom. The molecular formula is C14H11BrClIN2O. The lowest BCUT2D eigenvalue weighted by atomic mass is 10.2. The van der Waals surface area contributed by atoms with Gasteiger partial charge in [0.05, 0.1) is 16.9 Å². The second kappa shape index (κ2) is 6.32. The van der Waals surface area contributed by atoms with Crippen LogP contribution in [0.3, 0.4) is 0 Å². The maximum Gasteiger partial charge on any atom is 0.259 e. The Hall–Kier alpha value is -0.790. The molecular weight excluding hydrogens is 454 g/mol. The van der Waals surface area contributed by atoms with Crippen molar-refractivity contribution in [1.82, 2.24) is 0 Å². The maximum absolute atomic E-state index is 12.6. The number of anilines is 2. The van der Waals surface area contributed by atoms with Crippen LogP contribution in [0, 0.1) is 3.57 Å². The average Bonchev–Trinajstić information content (AvgIpc) is 2.42. The molecule has 0 aliphatic carbocycles. The van der Waals surface area contributed by atoms with Crippen LogP contribution in [0.1, 0.15) is 10.4 Å². The molecule has 0 radical (unpaired) electrons. The van der Waals surface area contributed by atoms with E-state index in [-0.39, 0.29) is 5.91 Å². The van der Waals surface area contributed by atoms with Crippen molar-refractivity contribution >= 4 is 67.4 Å². The molecule has 0 spiro atoms. The van der Waals surface area contributed by atoms with E-state index < -0.39 is 0 Å². The predicted molar refractivity (Wildman–Crippen MR) is 95.5 cm³/mol. The van der Waals surface area contributed by atoms with E-state index in [2.05, 4.69) is 38.5 Å². The van der Waals surface area contributed by atoms with E-state index in [1.165, 1.54) is 4.90 Å². The lowest BCUT2D eigenvalue weighted by molar-refractivity contribution is 0.0992. The molecule has 0 aromatic heterocycles. The van der Waals surface area contributed by atoms with Crippen molar-refractivity contribution < 1.29 is 4.79 Å². The number of nitrogens with two attached hydrogens (primary N) is 1. The van der Waals surface area contributed by atoms with Gasteiger partial charge in [-0.1, -0.05) is 11.6 Å². The number of amides is 1. The Labute approximate surface area is 144 Å². The quantitative estimate of drug-likeness (QED) is 0.522. The number of halogens is 3. The van der Waals surface area contributed by atoms with Crippen LogP contribution >= 0.6 is 50.1 Å². The minimum absolute atomic E-state index is 0.149. The Morgan fingerprint density at radius 2 is 2.00 bits per heavy atom. The number of nitrogens with zero attached hydrogens (tertiary/aromatic N) is 1. The fourth-order valence-corrected chi connectivity index (χ4v) is 2.83. The lowest BCUT2D eigenvalue weighted by Gasteiger charge is -2.20. The zero-order valence-corrected chi connectivity index (χ0v) is 15.0. The van der Waals surface area contributed by atoms with Gasteiger partial charge in [0.2, 0.25) is 0 Å². The Balaban J connectivity index is 2.42. The molecule has 104 valence electrons. The number of carbonyl (C=O) groups is 1. The molecule has 1 amide bonds. The smallest absolute Gasteiger partial charge is 0.259 e. The van der Waals surface area contributed by atoms with Crippen LogP contribution in [-0.4, -0.2) is 13.0 Å². The van der Waals surface area contributed by atoms with Gasteiger partial charge >= 0.3 is 0 Å². The van der Waals surface area contributed by atoms with Crippen molar-refractivity contribution in [2.24, 2.45) is 0 Å². The molecule has 2 rings (SSSR count). The van der Waals surface area contributed by atoms with Gasteiger partial charge in [-0.2, -0.15) is 0 Å². The van der Waals surface area contributed by atoms with Crippen molar-refractivity contribution in [3.8, 4) is 0 Å². The van der Waals surface area contributed by atoms with Crippen molar-refractivity contribution in [1.29, 1.82) is 0 Å². The summed E-state index contributed by atoms with van der Waals surface area (Å²) >= 11 is 11.5. The molecule has 0 aliphatic heterocycles. The van der Waals surface area contributed by atoms with E-state index >= 15 is 0 Å². The zero-order valence-electron chi connectivity index (χ0n) is 10.5. The van der Waals surface area contributed by atoms with Crippen molar-refractivity contribution in [2.45, 2.75) is 0 Å². The molecule has 0 unspecified atom stereocenters. The van der Waals surface area contributed by atoms with Gasteiger partial charge in [0.25, 0.3) is 5.91 Å². The topological polar surface area (TPSA) is 46.3 Å². The molecule has 0 saturated carbocycles. The van der Waals surface area contributed by atoms with Gasteiger partial charge in [-0.25, -0.2) is 0 Å². The van der Waals surface area contributed by atoms with E-state index in [1.54, 1.807) is 25.2 Å². The molecule has 0 heterocycles. The minimum atomic E-state index is -0.149. The third-order valence-electron chi connectivity index (χ3n) is 2.82. The van der Waals surface area contributed by atoms with E-state index in [4.69, 9.17) is 17.3 Å². The van der Waals surface area contributed by atoms with Crippen LogP contribution in [0.4, 0.5) is 11.4 Å². The summed E-state index contributed by atoms with van der Waals surface area (Å²) in [6.07, 6.45) is 0. The maximum atomic E-state index is 12.6. The molecule has 0 bridgehead atoms. The average molecular weight is 466 g/mol. The normalized spacial score (nSPS) is 10.4. The monoisotopic (exact) mass is 464 g/mol. The van der Waals surface area contributed by atoms with E-state index in [0.29, 0.717) is 22.0 Å². The van der Waals surface area contributed by atoms with Crippen LogP contribution in [0.5, 0.6) is 0 Å². The van der Waals surface area contributed by atoms with E-state index in [9.17, 15) is 4.79 Å². The summed E-state index contributed by atoms with van der Waals surface area (Å²) < 4.78 is 1.73. The second-order valence-corrected chi connectivity index (χ2v) is 6.73. The van der Waals surface area contributed by atoms with Gasteiger partial charge in [0, 0.05) is 20.1 Å². The summed E-state index contributed by atoms with van der Waals surface area (Å²) in [5.74, 6) is -0.149. The number of rotatable bonds is 2. The first-order chi connectivity index (χ1) is 9.40. The van der Waals surface area contributed by atoms with Crippen molar-refractivity contribution in [3.63, 3.8) is 0 Å². The minimum Gasteiger partial charge on any atom is -0.397 e. The standard InChI is InChI=1S/C14H11BrClIN2O/c1-19(13-6-8(16)2-5-12(13)18)14(20)10-7-9(17)3-4-11(10)15/h2-7H,18H2,1H3. The summed E-state index contributed by atoms with van der Waals surface area (Å²) in [6.45, 7) is 0. The Kier molecular flexibility index (Phi) is 4.93. The third kappa shape index (κ3) is 3.27. The van der Waals surface area contributed by atoms with Crippen LogP contribution in [0.15, 0.2) is 40.9 Å². The first-order valence-electron chi connectivity index (χ1n) is 5.68. The van der Waals surface area contributed by atoms with Gasteiger partial charge < -0.3 is 10.6 Å². The number of carbonyl (C=O) groups excluding carboxylic acids is 1. The Morgan fingerprint density at radius 1 is 1.30 bits per heavy atom. The SMILES string of the molecule is CN(C(=O)c1cc(I)ccc1Br)c1cc(Cl)ccc1N. The van der Waals surface area contributed by atoms with Crippen LogP contribution in [0.2, 0.25) is 5.02 Å². The number of benzene rings is 2. The summed E-state index contributed by atoms with van der Waals surface area (Å²) in [5.41, 5.74) is 7.59. The fourth-order valence-electron chi connectivity index (χ4n) is 1.76. The van der Waals surface area contributed by atoms with Gasteiger partial charge in [0.1, 0.15) is 0 Å². The first kappa shape index (κ1) is 15.6. The molecule has 2 N–H and O–H groups in total. The fraction of sp³-hybridized carbons (Fsp3) is 0.0714. The molecule has 0 aliphatic rings. The van der Waals surface area contributed by atoms with Gasteiger partial charge in [-0.15, -0.1) is 0 Å². The molecule has 0 atom stereocenters. The number of hydrogen-bond donors (Lipinski definition) is 1. The highest BCUT2D eigenvalue weighted by molar-refractivity contribution is 14.1. The highest BCUT2D eigenvalue weighted by Crippen LogP contribution is 2.29. The largest absolute Gasteiger partial charge is 0.397 e. The zero-order chi connectivity index (χ0) is 14.9. The summed E-state index contributed by atoms with van der Waals surface area (Å²) in [7, 11) is 1.68. The first-order valence-corrected chi connectivity index (χ1v) is 7.93.